The van der Waals surface area contributed by atoms with Crippen molar-refractivity contribution in [3.8, 4) is 5.88 Å². The summed E-state index contributed by atoms with van der Waals surface area (Å²) in [4.78, 5) is 16.6. The van der Waals surface area contributed by atoms with Crippen molar-refractivity contribution in [1.29, 1.82) is 0 Å². The number of aromatic nitrogens is 1. The minimum Gasteiger partial charge on any atom is -0.481 e. The Kier molecular flexibility index (Phi) is 3.77. The first-order valence-electron chi connectivity index (χ1n) is 7.85. The van der Waals surface area contributed by atoms with Gasteiger partial charge in [0.2, 0.25) is 11.8 Å². The summed E-state index contributed by atoms with van der Waals surface area (Å²) in [6.45, 7) is -0.319. The summed E-state index contributed by atoms with van der Waals surface area (Å²) >= 11 is 0. The van der Waals surface area contributed by atoms with Crippen molar-refractivity contribution in [3.63, 3.8) is 0 Å². The van der Waals surface area contributed by atoms with Gasteiger partial charge in [-0.2, -0.15) is 0 Å². The van der Waals surface area contributed by atoms with Crippen LogP contribution in [0.5, 0.6) is 5.88 Å². The highest BCUT2D eigenvalue weighted by atomic mass is 32.2. The van der Waals surface area contributed by atoms with Gasteiger partial charge in [0.1, 0.15) is 6.54 Å². The number of sulfonamides is 1. The molecular weight excluding hydrogens is 354 g/mol. The molecule has 0 aliphatic carbocycles. The zero-order chi connectivity index (χ0) is 18.3. The van der Waals surface area contributed by atoms with E-state index in [1.54, 1.807) is 36.4 Å². The topological polar surface area (TPSA) is 88.6 Å². The first-order valence-corrected chi connectivity index (χ1v) is 9.29. The van der Waals surface area contributed by atoms with Crippen LogP contribution in [0.15, 0.2) is 59.6 Å². The number of rotatable bonds is 4. The molecule has 7 nitrogen and oxygen atoms in total. The molecule has 2 aromatic carbocycles. The molecule has 1 amide bonds. The van der Waals surface area contributed by atoms with Crippen molar-refractivity contribution in [2.45, 2.75) is 4.90 Å². The van der Waals surface area contributed by atoms with Crippen molar-refractivity contribution in [2.24, 2.45) is 0 Å². The number of carbonyl (C=O) groups is 1. The number of benzene rings is 2. The molecule has 132 valence electrons. The number of nitrogens with one attached hydrogen (secondary N) is 1. The van der Waals surface area contributed by atoms with Crippen LogP contribution in [-0.2, 0) is 14.8 Å². The predicted molar refractivity (Wildman–Crippen MR) is 97.9 cm³/mol. The van der Waals surface area contributed by atoms with Crippen LogP contribution in [-0.4, -0.2) is 33.0 Å². The van der Waals surface area contributed by atoms with E-state index in [9.17, 15) is 13.2 Å². The third-order valence-electron chi connectivity index (χ3n) is 4.20. The molecule has 0 spiro atoms. The molecule has 8 heteroatoms. The number of hydrogen-bond donors (Lipinski definition) is 1. The van der Waals surface area contributed by atoms with Crippen molar-refractivity contribution >= 4 is 38.1 Å². The maximum atomic E-state index is 12.9. The van der Waals surface area contributed by atoms with Crippen LogP contribution in [0.2, 0.25) is 0 Å². The summed E-state index contributed by atoms with van der Waals surface area (Å²) < 4.78 is 31.9. The number of carbonyl (C=O) groups excluding carboxylic acids is 1. The van der Waals surface area contributed by atoms with Gasteiger partial charge in [0, 0.05) is 23.3 Å². The van der Waals surface area contributed by atoms with Crippen LogP contribution in [0.1, 0.15) is 0 Å². The maximum absolute atomic E-state index is 12.9. The van der Waals surface area contributed by atoms with E-state index in [-0.39, 0.29) is 11.4 Å². The fourth-order valence-corrected chi connectivity index (χ4v) is 4.72. The molecule has 0 saturated carbocycles. The number of nitrogens with zero attached hydrogens (tertiary/aromatic N) is 2. The van der Waals surface area contributed by atoms with E-state index in [1.807, 2.05) is 12.1 Å². The SMILES string of the molecule is COc1cc(NC(=O)CN2c3cccc4cccc(c34)S2(=O)=O)ccn1. The number of hydrogen-bond acceptors (Lipinski definition) is 5. The second kappa shape index (κ2) is 5.99. The van der Waals surface area contributed by atoms with Gasteiger partial charge >= 0.3 is 0 Å². The number of ether oxygens (including phenoxy) is 1. The van der Waals surface area contributed by atoms with Gasteiger partial charge in [-0.15, -0.1) is 0 Å². The predicted octanol–water partition coefficient (Wildman–Crippen LogP) is 2.39. The lowest BCUT2D eigenvalue weighted by molar-refractivity contribution is -0.114. The Bertz CT molecular complexity index is 1120. The van der Waals surface area contributed by atoms with Gasteiger partial charge in [-0.3, -0.25) is 9.10 Å². The highest BCUT2D eigenvalue weighted by molar-refractivity contribution is 7.93. The van der Waals surface area contributed by atoms with Gasteiger partial charge < -0.3 is 10.1 Å². The van der Waals surface area contributed by atoms with E-state index in [0.717, 1.165) is 9.69 Å². The maximum Gasteiger partial charge on any atom is 0.265 e. The molecule has 4 rings (SSSR count). The van der Waals surface area contributed by atoms with Crippen molar-refractivity contribution in [1.82, 2.24) is 4.98 Å². The molecule has 0 saturated heterocycles. The average molecular weight is 369 g/mol. The van der Waals surface area contributed by atoms with E-state index in [0.29, 0.717) is 22.6 Å². The van der Waals surface area contributed by atoms with E-state index >= 15 is 0 Å². The lowest BCUT2D eigenvalue weighted by Gasteiger charge is -2.18. The van der Waals surface area contributed by atoms with E-state index in [2.05, 4.69) is 10.3 Å². The van der Waals surface area contributed by atoms with Crippen LogP contribution < -0.4 is 14.4 Å². The number of amides is 1. The quantitative estimate of drug-likeness (QED) is 0.763. The molecule has 1 aromatic heterocycles. The lowest BCUT2D eigenvalue weighted by Crippen LogP contribution is -2.35. The largest absolute Gasteiger partial charge is 0.481 e. The molecule has 3 aromatic rings. The minimum absolute atomic E-state index is 0.226. The second-order valence-electron chi connectivity index (χ2n) is 5.78. The normalized spacial score (nSPS) is 14.4. The monoisotopic (exact) mass is 369 g/mol. The highest BCUT2D eigenvalue weighted by Crippen LogP contribution is 2.41. The number of methoxy groups -OCH3 is 1. The number of anilines is 2. The van der Waals surface area contributed by atoms with Crippen LogP contribution in [0.4, 0.5) is 11.4 Å². The molecule has 2 heterocycles. The first kappa shape index (κ1) is 16.3. The van der Waals surface area contributed by atoms with Crippen molar-refractivity contribution in [2.75, 3.05) is 23.3 Å². The Hall–Kier alpha value is -3.13. The fourth-order valence-electron chi connectivity index (χ4n) is 3.06. The van der Waals surface area contributed by atoms with Crippen LogP contribution in [0.25, 0.3) is 10.8 Å². The minimum atomic E-state index is -3.76. The summed E-state index contributed by atoms with van der Waals surface area (Å²) in [5.74, 6) is -0.0968. The summed E-state index contributed by atoms with van der Waals surface area (Å²) in [7, 11) is -2.29. The molecule has 0 atom stereocenters. The second-order valence-corrected chi connectivity index (χ2v) is 7.61. The van der Waals surface area contributed by atoms with Gasteiger partial charge in [0.15, 0.2) is 0 Å². The van der Waals surface area contributed by atoms with Crippen LogP contribution in [0.3, 0.4) is 0 Å². The summed E-state index contributed by atoms with van der Waals surface area (Å²) in [6.07, 6.45) is 1.50. The van der Waals surface area contributed by atoms with Crippen molar-refractivity contribution in [3.05, 3.63) is 54.7 Å². The molecule has 0 unspecified atom stereocenters. The Morgan fingerprint density at radius 1 is 1.19 bits per heavy atom. The Morgan fingerprint density at radius 2 is 1.96 bits per heavy atom. The molecule has 0 radical (unpaired) electrons. The van der Waals surface area contributed by atoms with Crippen molar-refractivity contribution < 1.29 is 17.9 Å². The fraction of sp³-hybridized carbons (Fsp3) is 0.111. The van der Waals surface area contributed by atoms with E-state index in [1.165, 1.54) is 13.3 Å². The lowest BCUT2D eigenvalue weighted by atomic mass is 10.1. The van der Waals surface area contributed by atoms with Crippen LogP contribution >= 0.6 is 0 Å². The number of pyridine rings is 1. The molecule has 0 bridgehead atoms. The van der Waals surface area contributed by atoms with Gasteiger partial charge in [0.25, 0.3) is 10.0 Å². The molecule has 1 aliphatic rings. The van der Waals surface area contributed by atoms with Gasteiger partial charge in [-0.25, -0.2) is 13.4 Å². The molecule has 1 N–H and O–H groups in total. The third kappa shape index (κ3) is 2.55. The average Bonchev–Trinajstić information content (AvgIpc) is 2.85. The Balaban J connectivity index is 1.65. The van der Waals surface area contributed by atoms with Gasteiger partial charge in [-0.05, 0) is 23.6 Å². The summed E-state index contributed by atoms with van der Waals surface area (Å²) in [5, 5.41) is 4.15. The standard InChI is InChI=1S/C18H15N3O4S/c1-25-17-10-13(8-9-19-17)20-16(22)11-21-14-6-2-4-12-5-3-7-15(18(12)14)26(21,23)24/h2-10H,11H2,1H3,(H,19,20,22). The molecular formula is C18H15N3O4S. The van der Waals surface area contributed by atoms with Gasteiger partial charge in [0.05, 0.1) is 17.7 Å². The first-order chi connectivity index (χ1) is 12.5. The summed E-state index contributed by atoms with van der Waals surface area (Å²) in [6, 6.07) is 13.6. The Labute approximate surface area is 150 Å². The van der Waals surface area contributed by atoms with Crippen LogP contribution in [0, 0.1) is 0 Å². The van der Waals surface area contributed by atoms with E-state index < -0.39 is 15.9 Å². The zero-order valence-electron chi connectivity index (χ0n) is 13.8. The Morgan fingerprint density at radius 3 is 2.73 bits per heavy atom. The summed E-state index contributed by atoms with van der Waals surface area (Å²) in [5.41, 5.74) is 0.995. The zero-order valence-corrected chi connectivity index (χ0v) is 14.7. The third-order valence-corrected chi connectivity index (χ3v) is 6.00. The molecule has 1 aliphatic heterocycles. The smallest absolute Gasteiger partial charge is 0.265 e. The highest BCUT2D eigenvalue weighted by Gasteiger charge is 2.36. The van der Waals surface area contributed by atoms with E-state index in [4.69, 9.17) is 4.74 Å². The molecule has 26 heavy (non-hydrogen) atoms. The van der Waals surface area contributed by atoms with Gasteiger partial charge in [-0.1, -0.05) is 24.3 Å². The molecule has 0 fully saturated rings.